The van der Waals surface area contributed by atoms with E-state index in [1.165, 1.54) is 0 Å². The van der Waals surface area contributed by atoms with Gasteiger partial charge in [-0.15, -0.1) is 0 Å². The van der Waals surface area contributed by atoms with Crippen molar-refractivity contribution in [1.82, 2.24) is 15.3 Å². The van der Waals surface area contributed by atoms with Crippen molar-refractivity contribution in [3.05, 3.63) is 17.5 Å². The van der Waals surface area contributed by atoms with E-state index in [2.05, 4.69) is 15.3 Å². The maximum absolute atomic E-state index is 12.0. The number of anilines is 1. The Kier molecular flexibility index (Phi) is 4.64. The van der Waals surface area contributed by atoms with E-state index < -0.39 is 0 Å². The quantitative estimate of drug-likeness (QED) is 0.885. The summed E-state index contributed by atoms with van der Waals surface area (Å²) in [6.07, 6.45) is 0. The van der Waals surface area contributed by atoms with Crippen molar-refractivity contribution in [2.75, 3.05) is 19.0 Å². The third-order valence-electron chi connectivity index (χ3n) is 2.38. The predicted octanol–water partition coefficient (Wildman–Crippen LogP) is 1.80. The van der Waals surface area contributed by atoms with Crippen LogP contribution in [-0.2, 0) is 0 Å². The van der Waals surface area contributed by atoms with E-state index in [0.29, 0.717) is 11.6 Å². The van der Waals surface area contributed by atoms with E-state index in [1.807, 2.05) is 41.8 Å². The lowest BCUT2D eigenvalue weighted by molar-refractivity contribution is 0.0938. The minimum atomic E-state index is -0.155. The van der Waals surface area contributed by atoms with Gasteiger partial charge in [-0.25, -0.2) is 9.97 Å². The highest BCUT2D eigenvalue weighted by Crippen LogP contribution is 2.16. The lowest BCUT2D eigenvalue weighted by Crippen LogP contribution is -2.31. The Hall–Kier alpha value is -1.65. The van der Waals surface area contributed by atoms with E-state index in [4.69, 9.17) is 0 Å². The smallest absolute Gasteiger partial charge is 0.270 e. The van der Waals surface area contributed by atoms with Crippen LogP contribution in [0.15, 0.2) is 6.07 Å². The Bertz CT molecular complexity index is 401. The molecule has 0 fully saturated rings. The van der Waals surface area contributed by atoms with Crippen molar-refractivity contribution >= 4 is 11.9 Å². The van der Waals surface area contributed by atoms with Gasteiger partial charge in [-0.05, 0) is 25.8 Å². The Morgan fingerprint density at radius 1 is 1.22 bits per heavy atom. The maximum atomic E-state index is 12.0. The second-order valence-corrected chi connectivity index (χ2v) is 5.16. The van der Waals surface area contributed by atoms with Crippen molar-refractivity contribution < 1.29 is 4.79 Å². The molecule has 0 radical (unpaired) electrons. The van der Waals surface area contributed by atoms with Gasteiger partial charge in [-0.2, -0.15) is 0 Å². The van der Waals surface area contributed by atoms with Crippen molar-refractivity contribution in [2.45, 2.75) is 39.7 Å². The first kappa shape index (κ1) is 14.4. The van der Waals surface area contributed by atoms with Crippen LogP contribution in [0.1, 0.15) is 49.8 Å². The van der Waals surface area contributed by atoms with Crippen molar-refractivity contribution in [1.29, 1.82) is 0 Å². The zero-order chi connectivity index (χ0) is 13.9. The summed E-state index contributed by atoms with van der Waals surface area (Å²) in [6.45, 7) is 7.95. The minimum absolute atomic E-state index is 0.0952. The summed E-state index contributed by atoms with van der Waals surface area (Å²) in [4.78, 5) is 22.5. The molecule has 0 saturated carbocycles. The Morgan fingerprint density at radius 2 is 1.83 bits per heavy atom. The van der Waals surface area contributed by atoms with Gasteiger partial charge < -0.3 is 10.2 Å². The average Bonchev–Trinajstić information content (AvgIpc) is 2.27. The number of nitrogens with zero attached hydrogens (tertiary/aromatic N) is 3. The fourth-order valence-corrected chi connectivity index (χ4v) is 1.40. The molecule has 1 N–H and O–H groups in total. The van der Waals surface area contributed by atoms with Crippen LogP contribution >= 0.6 is 0 Å². The number of hydrogen-bond donors (Lipinski definition) is 1. The first-order valence-corrected chi connectivity index (χ1v) is 6.18. The molecule has 18 heavy (non-hydrogen) atoms. The molecule has 0 unspecified atom stereocenters. The molecule has 1 amide bonds. The van der Waals surface area contributed by atoms with Gasteiger partial charge in [0.15, 0.2) is 0 Å². The molecule has 1 heterocycles. The molecule has 0 bridgehead atoms. The Labute approximate surface area is 109 Å². The van der Waals surface area contributed by atoms with E-state index >= 15 is 0 Å². The summed E-state index contributed by atoms with van der Waals surface area (Å²) in [5.41, 5.74) is 1.30. The Morgan fingerprint density at radius 3 is 2.28 bits per heavy atom. The van der Waals surface area contributed by atoms with Gasteiger partial charge >= 0.3 is 0 Å². The zero-order valence-corrected chi connectivity index (χ0v) is 12.0. The first-order valence-electron chi connectivity index (χ1n) is 6.18. The summed E-state index contributed by atoms with van der Waals surface area (Å²) in [5, 5.41) is 2.84. The van der Waals surface area contributed by atoms with E-state index in [-0.39, 0.29) is 17.9 Å². The molecule has 1 aromatic heterocycles. The molecule has 0 atom stereocenters. The third-order valence-corrected chi connectivity index (χ3v) is 2.38. The molecule has 0 aliphatic rings. The van der Waals surface area contributed by atoms with Crippen LogP contribution in [0.5, 0.6) is 0 Å². The first-order chi connectivity index (χ1) is 8.31. The molecule has 0 aromatic carbocycles. The second-order valence-electron chi connectivity index (χ2n) is 5.16. The SMILES string of the molecule is CC(C)NC(=O)c1cc(C(C)C)nc(N(C)C)n1. The number of carbonyl (C=O) groups excluding carboxylic acids is 1. The molecule has 1 aromatic rings. The highest BCUT2D eigenvalue weighted by atomic mass is 16.1. The highest BCUT2D eigenvalue weighted by molar-refractivity contribution is 5.92. The fraction of sp³-hybridized carbons (Fsp3) is 0.615. The van der Waals surface area contributed by atoms with Crippen LogP contribution < -0.4 is 10.2 Å². The highest BCUT2D eigenvalue weighted by Gasteiger charge is 2.14. The molecule has 0 spiro atoms. The molecular formula is C13H22N4O. The lowest BCUT2D eigenvalue weighted by Gasteiger charge is -2.15. The van der Waals surface area contributed by atoms with E-state index in [0.717, 1.165) is 5.69 Å². The third kappa shape index (κ3) is 3.68. The van der Waals surface area contributed by atoms with Crippen LogP contribution in [0, 0.1) is 0 Å². The number of amides is 1. The molecular weight excluding hydrogens is 228 g/mol. The number of aromatic nitrogens is 2. The summed E-state index contributed by atoms with van der Waals surface area (Å²) < 4.78 is 0. The largest absolute Gasteiger partial charge is 0.349 e. The number of carbonyl (C=O) groups is 1. The second kappa shape index (κ2) is 5.80. The van der Waals surface area contributed by atoms with Gasteiger partial charge in [0.05, 0.1) is 0 Å². The van der Waals surface area contributed by atoms with Crippen LogP contribution in [-0.4, -0.2) is 36.0 Å². The fourth-order valence-electron chi connectivity index (χ4n) is 1.40. The van der Waals surface area contributed by atoms with Gasteiger partial charge in [0.1, 0.15) is 5.69 Å². The molecule has 0 saturated heterocycles. The van der Waals surface area contributed by atoms with Crippen molar-refractivity contribution in [3.63, 3.8) is 0 Å². The summed E-state index contributed by atoms with van der Waals surface area (Å²) >= 11 is 0. The van der Waals surface area contributed by atoms with Gasteiger partial charge in [0.25, 0.3) is 5.91 Å². The Balaban J connectivity index is 3.14. The van der Waals surface area contributed by atoms with Crippen LogP contribution in [0.25, 0.3) is 0 Å². The summed E-state index contributed by atoms with van der Waals surface area (Å²) in [7, 11) is 3.73. The predicted molar refractivity (Wildman–Crippen MR) is 73.1 cm³/mol. The average molecular weight is 250 g/mol. The van der Waals surface area contributed by atoms with Crippen molar-refractivity contribution in [3.8, 4) is 0 Å². The standard InChI is InChI=1S/C13H22N4O/c1-8(2)10-7-11(12(18)14-9(3)4)16-13(15-10)17(5)6/h7-9H,1-6H3,(H,14,18). The normalized spacial score (nSPS) is 10.9. The molecule has 100 valence electrons. The summed E-state index contributed by atoms with van der Waals surface area (Å²) in [5.74, 6) is 0.671. The molecule has 0 aliphatic heterocycles. The van der Waals surface area contributed by atoms with Crippen LogP contribution in [0.3, 0.4) is 0 Å². The molecule has 0 aliphatic carbocycles. The van der Waals surface area contributed by atoms with E-state index in [1.54, 1.807) is 11.0 Å². The topological polar surface area (TPSA) is 58.1 Å². The summed E-state index contributed by atoms with van der Waals surface area (Å²) in [6, 6.07) is 1.85. The maximum Gasteiger partial charge on any atom is 0.270 e. The minimum Gasteiger partial charge on any atom is -0.349 e. The van der Waals surface area contributed by atoms with Crippen molar-refractivity contribution in [2.24, 2.45) is 0 Å². The number of hydrogen-bond acceptors (Lipinski definition) is 4. The van der Waals surface area contributed by atoms with Gasteiger partial charge in [-0.1, -0.05) is 13.8 Å². The molecule has 5 nitrogen and oxygen atoms in total. The van der Waals surface area contributed by atoms with E-state index in [9.17, 15) is 4.79 Å². The van der Waals surface area contributed by atoms with Gasteiger partial charge in [0.2, 0.25) is 5.95 Å². The molecule has 1 rings (SSSR count). The molecule has 5 heteroatoms. The van der Waals surface area contributed by atoms with Crippen LogP contribution in [0.2, 0.25) is 0 Å². The lowest BCUT2D eigenvalue weighted by atomic mass is 10.1. The number of nitrogens with one attached hydrogen (secondary N) is 1. The van der Waals surface area contributed by atoms with Crippen LogP contribution in [0.4, 0.5) is 5.95 Å². The zero-order valence-electron chi connectivity index (χ0n) is 12.0. The monoisotopic (exact) mass is 250 g/mol. The van der Waals surface area contributed by atoms with Gasteiger partial charge in [0, 0.05) is 25.8 Å². The van der Waals surface area contributed by atoms with Gasteiger partial charge in [-0.3, -0.25) is 4.79 Å². The number of rotatable bonds is 4.